The van der Waals surface area contributed by atoms with Crippen LogP contribution in [0.3, 0.4) is 0 Å². The summed E-state index contributed by atoms with van der Waals surface area (Å²) in [4.78, 5) is 7.18. The molecular weight excluding hydrogens is 284 g/mol. The fourth-order valence-electron chi connectivity index (χ4n) is 1.31. The Balaban J connectivity index is 2.79. The van der Waals surface area contributed by atoms with Crippen LogP contribution in [0.2, 0.25) is 0 Å². The van der Waals surface area contributed by atoms with E-state index in [1.54, 1.807) is 0 Å². The highest BCUT2D eigenvalue weighted by Gasteiger charge is 2.29. The van der Waals surface area contributed by atoms with Crippen molar-refractivity contribution in [1.29, 1.82) is 0 Å². The van der Waals surface area contributed by atoms with Gasteiger partial charge >= 0.3 is 0 Å². The second-order valence-corrected chi connectivity index (χ2v) is 7.53. The molecule has 1 aliphatic rings. The van der Waals surface area contributed by atoms with Crippen molar-refractivity contribution in [3.63, 3.8) is 0 Å². The van der Waals surface area contributed by atoms with Crippen LogP contribution in [0, 0.1) is 0 Å². The lowest BCUT2D eigenvalue weighted by atomic mass is 10.5. The second kappa shape index (κ2) is 4.05. The van der Waals surface area contributed by atoms with Crippen LogP contribution in [0.5, 0.6) is 11.6 Å². The zero-order valence-corrected chi connectivity index (χ0v) is 11.2. The molecule has 1 aromatic rings. The van der Waals surface area contributed by atoms with Crippen molar-refractivity contribution in [3.8, 4) is 11.6 Å². The maximum atomic E-state index is 11.6. The van der Waals surface area contributed by atoms with Crippen molar-refractivity contribution in [1.82, 2.24) is 9.97 Å². The fourth-order valence-corrected chi connectivity index (χ4v) is 2.61. The highest BCUT2D eigenvalue weighted by molar-refractivity contribution is 7.91. The summed E-state index contributed by atoms with van der Waals surface area (Å²) in [6.45, 7) is 0.313. The molecule has 0 saturated carbocycles. The minimum atomic E-state index is -3.75. The summed E-state index contributed by atoms with van der Waals surface area (Å²) >= 11 is 0. The first-order valence-corrected chi connectivity index (χ1v) is 8.55. The van der Waals surface area contributed by atoms with Crippen molar-refractivity contribution >= 4 is 19.7 Å². The Hall–Kier alpha value is -1.42. The normalized spacial score (nSPS) is 15.4. The Kier molecular flexibility index (Phi) is 2.93. The molecule has 0 saturated heterocycles. The van der Waals surface area contributed by atoms with Gasteiger partial charge in [0.1, 0.15) is 13.2 Å². The summed E-state index contributed by atoms with van der Waals surface area (Å²) in [6, 6.07) is 0. The average Bonchev–Trinajstić information content (AvgIpc) is 2.25. The van der Waals surface area contributed by atoms with Crippen LogP contribution < -0.4 is 9.47 Å². The molecule has 1 aromatic heterocycles. The zero-order valence-electron chi connectivity index (χ0n) is 9.57. The maximum absolute atomic E-state index is 11.6. The molecular formula is C8H10N2O6S2. The van der Waals surface area contributed by atoms with Crippen LogP contribution in [0.4, 0.5) is 0 Å². The molecule has 0 aromatic carbocycles. The standard InChI is InChI=1S/C8H10N2O6S2/c1-17(11,12)7-5-6(16-4-3-15-5)9-8(10-7)18(2,13)14/h3-4H2,1-2H3. The van der Waals surface area contributed by atoms with Crippen LogP contribution in [-0.4, -0.2) is 52.5 Å². The van der Waals surface area contributed by atoms with E-state index in [1.165, 1.54) is 0 Å². The topological polar surface area (TPSA) is 113 Å². The van der Waals surface area contributed by atoms with Gasteiger partial charge in [0.05, 0.1) is 0 Å². The Morgan fingerprint density at radius 3 is 2.11 bits per heavy atom. The first kappa shape index (κ1) is 13.0. The predicted octanol–water partition coefficient (Wildman–Crippen LogP) is -0.945. The quantitative estimate of drug-likeness (QED) is 0.507. The van der Waals surface area contributed by atoms with Gasteiger partial charge in [-0.25, -0.2) is 21.8 Å². The third-order valence-electron chi connectivity index (χ3n) is 2.03. The predicted molar refractivity (Wildman–Crippen MR) is 59.2 cm³/mol. The Bertz CT molecular complexity index is 695. The van der Waals surface area contributed by atoms with Crippen molar-refractivity contribution in [2.75, 3.05) is 25.7 Å². The summed E-state index contributed by atoms with van der Waals surface area (Å²) in [5, 5.41) is -1.08. The maximum Gasteiger partial charge on any atom is 0.262 e. The monoisotopic (exact) mass is 294 g/mol. The van der Waals surface area contributed by atoms with E-state index >= 15 is 0 Å². The van der Waals surface area contributed by atoms with Crippen molar-refractivity contribution in [2.45, 2.75) is 10.2 Å². The molecule has 0 fully saturated rings. The minimum absolute atomic E-state index is 0.142. The summed E-state index contributed by atoms with van der Waals surface area (Å²) < 4.78 is 56.1. The number of hydrogen-bond donors (Lipinski definition) is 0. The molecule has 100 valence electrons. The van der Waals surface area contributed by atoms with E-state index in [1.807, 2.05) is 0 Å². The average molecular weight is 294 g/mol. The number of nitrogens with zero attached hydrogens (tertiary/aromatic N) is 2. The third-order valence-corrected chi connectivity index (χ3v) is 3.86. The van der Waals surface area contributed by atoms with E-state index in [4.69, 9.17) is 9.47 Å². The molecule has 0 spiro atoms. The Labute approximate surface area is 104 Å². The Morgan fingerprint density at radius 1 is 0.944 bits per heavy atom. The van der Waals surface area contributed by atoms with E-state index in [0.717, 1.165) is 12.5 Å². The summed E-state index contributed by atoms with van der Waals surface area (Å²) in [5.41, 5.74) is 0. The van der Waals surface area contributed by atoms with Crippen LogP contribution in [0.25, 0.3) is 0 Å². The van der Waals surface area contributed by atoms with Crippen LogP contribution >= 0.6 is 0 Å². The molecule has 0 aliphatic carbocycles. The van der Waals surface area contributed by atoms with Gasteiger partial charge < -0.3 is 9.47 Å². The van der Waals surface area contributed by atoms with Crippen LogP contribution in [0.15, 0.2) is 10.2 Å². The minimum Gasteiger partial charge on any atom is -0.482 e. The van der Waals surface area contributed by atoms with E-state index in [-0.39, 0.29) is 24.8 Å². The largest absolute Gasteiger partial charge is 0.482 e. The van der Waals surface area contributed by atoms with Gasteiger partial charge in [-0.2, -0.15) is 4.98 Å². The lowest BCUT2D eigenvalue weighted by Gasteiger charge is -2.19. The fraction of sp³-hybridized carbons (Fsp3) is 0.500. The number of sulfone groups is 2. The van der Waals surface area contributed by atoms with Crippen LogP contribution in [-0.2, 0) is 19.7 Å². The second-order valence-electron chi connectivity index (χ2n) is 3.69. The van der Waals surface area contributed by atoms with Gasteiger partial charge in [-0.05, 0) is 0 Å². The first-order chi connectivity index (χ1) is 8.19. The van der Waals surface area contributed by atoms with Gasteiger partial charge in [0, 0.05) is 12.5 Å². The molecule has 2 heterocycles. The van der Waals surface area contributed by atoms with Crippen molar-refractivity contribution in [3.05, 3.63) is 0 Å². The molecule has 0 N–H and O–H groups in total. The van der Waals surface area contributed by atoms with Crippen molar-refractivity contribution < 1.29 is 26.3 Å². The molecule has 8 nitrogen and oxygen atoms in total. The number of aromatic nitrogens is 2. The lowest BCUT2D eigenvalue weighted by molar-refractivity contribution is 0.155. The number of hydrogen-bond acceptors (Lipinski definition) is 8. The lowest BCUT2D eigenvalue weighted by Crippen LogP contribution is -2.21. The van der Waals surface area contributed by atoms with E-state index in [9.17, 15) is 16.8 Å². The molecule has 10 heteroatoms. The number of ether oxygens (including phenoxy) is 2. The first-order valence-electron chi connectivity index (χ1n) is 4.77. The number of rotatable bonds is 2. The molecule has 0 amide bonds. The molecule has 18 heavy (non-hydrogen) atoms. The highest BCUT2D eigenvalue weighted by Crippen LogP contribution is 2.34. The molecule has 0 radical (unpaired) electrons. The molecule has 2 rings (SSSR count). The van der Waals surface area contributed by atoms with Crippen molar-refractivity contribution in [2.24, 2.45) is 0 Å². The van der Waals surface area contributed by atoms with Gasteiger partial charge in [0.15, 0.2) is 9.84 Å². The highest BCUT2D eigenvalue weighted by atomic mass is 32.2. The van der Waals surface area contributed by atoms with E-state index in [0.29, 0.717) is 0 Å². The molecule has 0 bridgehead atoms. The SMILES string of the molecule is CS(=O)(=O)c1nc2c(c(S(C)(=O)=O)n1)OCCO2. The summed E-state index contributed by atoms with van der Waals surface area (Å²) in [5.74, 6) is -0.312. The summed E-state index contributed by atoms with van der Waals surface area (Å²) in [7, 11) is -7.49. The van der Waals surface area contributed by atoms with Gasteiger partial charge in [0.25, 0.3) is 11.0 Å². The molecule has 1 aliphatic heterocycles. The summed E-state index contributed by atoms with van der Waals surface area (Å²) in [6.07, 6.45) is 1.78. The van der Waals surface area contributed by atoms with Gasteiger partial charge in [0.2, 0.25) is 20.6 Å². The van der Waals surface area contributed by atoms with Gasteiger partial charge in [-0.1, -0.05) is 0 Å². The smallest absolute Gasteiger partial charge is 0.262 e. The Morgan fingerprint density at radius 2 is 1.56 bits per heavy atom. The number of fused-ring (bicyclic) bond motifs is 1. The third kappa shape index (κ3) is 2.38. The molecule has 0 atom stereocenters. The van der Waals surface area contributed by atoms with Crippen LogP contribution in [0.1, 0.15) is 0 Å². The van der Waals surface area contributed by atoms with E-state index in [2.05, 4.69) is 9.97 Å². The van der Waals surface area contributed by atoms with Gasteiger partial charge in [-0.15, -0.1) is 0 Å². The zero-order chi connectivity index (χ0) is 13.6. The van der Waals surface area contributed by atoms with Gasteiger partial charge in [-0.3, -0.25) is 0 Å². The molecule has 0 unspecified atom stereocenters. The van der Waals surface area contributed by atoms with E-state index < -0.39 is 29.9 Å².